The van der Waals surface area contributed by atoms with Crippen molar-refractivity contribution in [3.8, 4) is 0 Å². The van der Waals surface area contributed by atoms with Gasteiger partial charge >= 0.3 is 0 Å². The summed E-state index contributed by atoms with van der Waals surface area (Å²) in [7, 11) is 0. The average Bonchev–Trinajstić information content (AvgIpc) is 3.10. The Kier molecular flexibility index (Phi) is 6.02. The SMILES string of the molecule is NC(=O)[C@@H]1CC[C@H](CCC(=O)n2ccccc2=NC2CCCCC2)O1. The van der Waals surface area contributed by atoms with E-state index in [9.17, 15) is 9.59 Å². The summed E-state index contributed by atoms with van der Waals surface area (Å²) < 4.78 is 7.25. The van der Waals surface area contributed by atoms with Crippen LogP contribution >= 0.6 is 0 Å². The van der Waals surface area contributed by atoms with Gasteiger partial charge < -0.3 is 10.5 Å². The molecule has 1 aliphatic carbocycles. The number of hydrogen-bond donors (Lipinski definition) is 1. The molecule has 1 amide bonds. The standard InChI is InChI=1S/C19H27N3O3/c20-19(24)16-11-9-15(25-16)10-12-18(23)22-13-5-4-8-17(22)21-14-6-2-1-3-7-14/h4-5,8,13-16H,1-3,6-7,9-12H2,(H2,20,24)/t15-,16+/m1/s1. The largest absolute Gasteiger partial charge is 0.367 e. The first-order chi connectivity index (χ1) is 12.1. The molecule has 0 unspecified atom stereocenters. The highest BCUT2D eigenvalue weighted by Crippen LogP contribution is 2.23. The Morgan fingerprint density at radius 3 is 2.68 bits per heavy atom. The van der Waals surface area contributed by atoms with Crippen molar-refractivity contribution in [2.24, 2.45) is 10.7 Å². The van der Waals surface area contributed by atoms with E-state index in [1.165, 1.54) is 19.3 Å². The van der Waals surface area contributed by atoms with E-state index >= 15 is 0 Å². The van der Waals surface area contributed by atoms with Crippen LogP contribution in [0.4, 0.5) is 0 Å². The zero-order valence-electron chi connectivity index (χ0n) is 14.6. The zero-order chi connectivity index (χ0) is 17.6. The Bertz CT molecular complexity index is 676. The van der Waals surface area contributed by atoms with Gasteiger partial charge in [-0.15, -0.1) is 0 Å². The molecule has 2 atom stereocenters. The number of nitrogens with zero attached hydrogens (tertiary/aromatic N) is 2. The number of amides is 1. The zero-order valence-corrected chi connectivity index (χ0v) is 14.6. The van der Waals surface area contributed by atoms with Gasteiger partial charge in [0.1, 0.15) is 11.6 Å². The molecule has 0 bridgehead atoms. The maximum atomic E-state index is 12.6. The van der Waals surface area contributed by atoms with E-state index in [1.807, 2.05) is 18.2 Å². The maximum Gasteiger partial charge on any atom is 0.246 e. The Morgan fingerprint density at radius 2 is 1.96 bits per heavy atom. The first kappa shape index (κ1) is 17.9. The Labute approximate surface area is 148 Å². The van der Waals surface area contributed by atoms with Crippen molar-refractivity contribution in [2.75, 3.05) is 0 Å². The fourth-order valence-corrected chi connectivity index (χ4v) is 3.68. The molecule has 6 heteroatoms. The predicted molar refractivity (Wildman–Crippen MR) is 93.8 cm³/mol. The number of nitrogens with two attached hydrogens (primary N) is 1. The normalized spacial score (nSPS) is 25.2. The lowest BCUT2D eigenvalue weighted by atomic mass is 9.96. The van der Waals surface area contributed by atoms with Gasteiger partial charge in [0.25, 0.3) is 0 Å². The molecular formula is C19H27N3O3. The number of hydrogen-bond acceptors (Lipinski definition) is 4. The van der Waals surface area contributed by atoms with Crippen LogP contribution in [0, 0.1) is 0 Å². The van der Waals surface area contributed by atoms with Crippen LogP contribution in [0.3, 0.4) is 0 Å². The van der Waals surface area contributed by atoms with Gasteiger partial charge in [-0.05, 0) is 44.2 Å². The number of carbonyl (C=O) groups excluding carboxylic acids is 2. The topological polar surface area (TPSA) is 86.7 Å². The van der Waals surface area contributed by atoms with Crippen molar-refractivity contribution >= 4 is 11.8 Å². The van der Waals surface area contributed by atoms with Gasteiger partial charge in [-0.2, -0.15) is 0 Å². The number of ether oxygens (including phenoxy) is 1. The highest BCUT2D eigenvalue weighted by atomic mass is 16.5. The van der Waals surface area contributed by atoms with E-state index in [4.69, 9.17) is 15.5 Å². The Morgan fingerprint density at radius 1 is 1.16 bits per heavy atom. The van der Waals surface area contributed by atoms with Crippen molar-refractivity contribution in [3.05, 3.63) is 29.9 Å². The van der Waals surface area contributed by atoms with E-state index in [2.05, 4.69) is 0 Å². The first-order valence-corrected chi connectivity index (χ1v) is 9.33. The van der Waals surface area contributed by atoms with Crippen molar-refractivity contribution in [3.63, 3.8) is 0 Å². The summed E-state index contributed by atoms with van der Waals surface area (Å²) >= 11 is 0. The van der Waals surface area contributed by atoms with Gasteiger partial charge in [-0.3, -0.25) is 19.1 Å². The van der Waals surface area contributed by atoms with Gasteiger partial charge in [-0.1, -0.05) is 25.3 Å². The molecule has 0 radical (unpaired) electrons. The molecule has 25 heavy (non-hydrogen) atoms. The lowest BCUT2D eigenvalue weighted by molar-refractivity contribution is -0.128. The molecule has 6 nitrogen and oxygen atoms in total. The molecule has 2 heterocycles. The van der Waals surface area contributed by atoms with Crippen molar-refractivity contribution in [1.29, 1.82) is 0 Å². The van der Waals surface area contributed by atoms with Gasteiger partial charge in [0.2, 0.25) is 11.8 Å². The highest BCUT2D eigenvalue weighted by molar-refractivity contribution is 5.79. The molecule has 3 rings (SSSR count). The van der Waals surface area contributed by atoms with Crippen LogP contribution in [0.1, 0.15) is 62.6 Å². The number of rotatable bonds is 5. The third-order valence-corrected chi connectivity index (χ3v) is 5.10. The second kappa shape index (κ2) is 8.43. The monoisotopic (exact) mass is 345 g/mol. The summed E-state index contributed by atoms with van der Waals surface area (Å²) in [6, 6.07) is 6.00. The summed E-state index contributed by atoms with van der Waals surface area (Å²) in [5.41, 5.74) is 6.01. The Balaban J connectivity index is 1.62. The van der Waals surface area contributed by atoms with Crippen LogP contribution in [-0.2, 0) is 9.53 Å². The summed E-state index contributed by atoms with van der Waals surface area (Å²) in [6.07, 6.45) is 9.55. The van der Waals surface area contributed by atoms with Gasteiger partial charge in [0.05, 0.1) is 12.1 Å². The predicted octanol–water partition coefficient (Wildman–Crippen LogP) is 2.17. The molecule has 2 fully saturated rings. The van der Waals surface area contributed by atoms with Crippen molar-refractivity contribution in [1.82, 2.24) is 4.57 Å². The van der Waals surface area contributed by atoms with Crippen LogP contribution in [0.25, 0.3) is 0 Å². The first-order valence-electron chi connectivity index (χ1n) is 9.33. The smallest absolute Gasteiger partial charge is 0.246 e. The second-order valence-corrected chi connectivity index (χ2v) is 7.01. The minimum Gasteiger partial charge on any atom is -0.367 e. The number of primary amides is 1. The quantitative estimate of drug-likeness (QED) is 0.887. The molecule has 2 aliphatic rings. The van der Waals surface area contributed by atoms with Crippen LogP contribution in [0.5, 0.6) is 0 Å². The molecule has 1 aromatic heterocycles. The van der Waals surface area contributed by atoms with E-state index < -0.39 is 12.0 Å². The molecule has 1 saturated heterocycles. The molecular weight excluding hydrogens is 318 g/mol. The molecule has 1 aromatic rings. The molecule has 1 aliphatic heterocycles. The molecule has 136 valence electrons. The van der Waals surface area contributed by atoms with E-state index in [1.54, 1.807) is 10.8 Å². The van der Waals surface area contributed by atoms with Gasteiger partial charge in [-0.25, -0.2) is 0 Å². The summed E-state index contributed by atoms with van der Waals surface area (Å²) in [6.45, 7) is 0. The molecule has 0 spiro atoms. The third-order valence-electron chi connectivity index (χ3n) is 5.10. The minimum absolute atomic E-state index is 0.0151. The summed E-state index contributed by atoms with van der Waals surface area (Å²) in [5, 5.41) is 0. The lowest BCUT2D eigenvalue weighted by Gasteiger charge is -2.18. The minimum atomic E-state index is -0.499. The average molecular weight is 345 g/mol. The lowest BCUT2D eigenvalue weighted by Crippen LogP contribution is -2.30. The maximum absolute atomic E-state index is 12.6. The van der Waals surface area contributed by atoms with Crippen molar-refractivity contribution in [2.45, 2.75) is 76.0 Å². The second-order valence-electron chi connectivity index (χ2n) is 7.01. The van der Waals surface area contributed by atoms with Crippen LogP contribution in [0.15, 0.2) is 29.4 Å². The fraction of sp³-hybridized carbons (Fsp3) is 0.632. The van der Waals surface area contributed by atoms with E-state index in [0.29, 0.717) is 25.3 Å². The van der Waals surface area contributed by atoms with E-state index in [0.717, 1.165) is 24.8 Å². The highest BCUT2D eigenvalue weighted by Gasteiger charge is 2.29. The number of carbonyl (C=O) groups is 2. The molecule has 1 saturated carbocycles. The summed E-state index contributed by atoms with van der Waals surface area (Å²) in [4.78, 5) is 28.6. The van der Waals surface area contributed by atoms with Crippen LogP contribution in [-0.4, -0.2) is 34.6 Å². The Hall–Kier alpha value is -1.95. The van der Waals surface area contributed by atoms with Crippen LogP contribution < -0.4 is 11.2 Å². The number of aromatic nitrogens is 1. The molecule has 0 aromatic carbocycles. The van der Waals surface area contributed by atoms with Gasteiger partial charge in [0, 0.05) is 12.6 Å². The summed E-state index contributed by atoms with van der Waals surface area (Å²) in [5.74, 6) is -0.402. The number of pyridine rings is 1. The van der Waals surface area contributed by atoms with E-state index in [-0.39, 0.29) is 12.0 Å². The van der Waals surface area contributed by atoms with Crippen molar-refractivity contribution < 1.29 is 14.3 Å². The van der Waals surface area contributed by atoms with Gasteiger partial charge in [0.15, 0.2) is 0 Å². The fourth-order valence-electron chi connectivity index (χ4n) is 3.68. The third kappa shape index (κ3) is 4.78. The van der Waals surface area contributed by atoms with Crippen LogP contribution in [0.2, 0.25) is 0 Å². The molecule has 2 N–H and O–H groups in total.